The van der Waals surface area contributed by atoms with E-state index in [2.05, 4.69) is 10.0 Å². The number of hydrazone groups is 1. The van der Waals surface area contributed by atoms with Crippen LogP contribution >= 0.6 is 0 Å². The molecule has 1 saturated heterocycles. The number of carbonyl (C=O) groups is 2. The van der Waals surface area contributed by atoms with Crippen molar-refractivity contribution in [3.8, 4) is 5.75 Å². The highest BCUT2D eigenvalue weighted by Crippen LogP contribution is 2.34. The van der Waals surface area contributed by atoms with Gasteiger partial charge in [0, 0.05) is 38.2 Å². The summed E-state index contributed by atoms with van der Waals surface area (Å²) in [5.74, 6) is -0.793. The minimum Gasteiger partial charge on any atom is -0.497 e. The lowest BCUT2D eigenvalue weighted by Crippen LogP contribution is -2.46. The number of rotatable bonds is 9. The first-order valence-electron chi connectivity index (χ1n) is 14.2. The van der Waals surface area contributed by atoms with E-state index in [9.17, 15) is 27.2 Å². The van der Waals surface area contributed by atoms with Crippen LogP contribution in [0.3, 0.4) is 0 Å². The maximum Gasteiger partial charge on any atom is 0.416 e. The van der Waals surface area contributed by atoms with Crippen LogP contribution in [0.4, 0.5) is 17.6 Å². The maximum absolute atomic E-state index is 13.9. The quantitative estimate of drug-likeness (QED) is 0.318. The normalized spacial score (nSPS) is 17.3. The number of nitrogens with zero attached hydrogens (tertiary/aromatic N) is 4. The Labute approximate surface area is 252 Å². The molecular formula is C32H32F4N4O4. The summed E-state index contributed by atoms with van der Waals surface area (Å²) in [7, 11) is 1.55. The first-order valence-corrected chi connectivity index (χ1v) is 14.2. The number of hydrogen-bond acceptors (Lipinski definition) is 6. The number of halogens is 4. The van der Waals surface area contributed by atoms with Crippen molar-refractivity contribution in [2.75, 3.05) is 53.0 Å². The summed E-state index contributed by atoms with van der Waals surface area (Å²) >= 11 is 0. The number of amides is 2. The van der Waals surface area contributed by atoms with Gasteiger partial charge < -0.3 is 14.4 Å². The SMILES string of the molecule is COc1ccc(C2CC(c3ccc(F)cc3)=NN2C(=O)CN(CCN2CCOCC2)C(=O)c2ccc(C(F)(F)F)cc2)cc1. The molecule has 0 radical (unpaired) electrons. The summed E-state index contributed by atoms with van der Waals surface area (Å²) in [4.78, 5) is 31.0. The van der Waals surface area contributed by atoms with Gasteiger partial charge in [0.25, 0.3) is 11.8 Å². The number of carbonyl (C=O) groups excluding carboxylic acids is 2. The van der Waals surface area contributed by atoms with Crippen molar-refractivity contribution >= 4 is 17.5 Å². The Bertz CT molecular complexity index is 1470. The van der Waals surface area contributed by atoms with Crippen molar-refractivity contribution < 1.29 is 36.6 Å². The van der Waals surface area contributed by atoms with E-state index < -0.39 is 35.4 Å². The number of methoxy groups -OCH3 is 1. The fourth-order valence-corrected chi connectivity index (χ4v) is 5.20. The molecule has 2 heterocycles. The maximum atomic E-state index is 13.9. The summed E-state index contributed by atoms with van der Waals surface area (Å²) in [6, 6.07) is 16.5. The van der Waals surface area contributed by atoms with Crippen LogP contribution in [0.5, 0.6) is 5.75 Å². The number of benzene rings is 3. The summed E-state index contributed by atoms with van der Waals surface area (Å²) in [5, 5.41) is 5.95. The van der Waals surface area contributed by atoms with Gasteiger partial charge in [-0.3, -0.25) is 14.5 Å². The van der Waals surface area contributed by atoms with Gasteiger partial charge in [-0.05, 0) is 59.7 Å². The first kappa shape index (κ1) is 31.1. The zero-order chi connectivity index (χ0) is 31.3. The van der Waals surface area contributed by atoms with E-state index in [-0.39, 0.29) is 18.7 Å². The van der Waals surface area contributed by atoms with Crippen LogP contribution in [0.25, 0.3) is 0 Å². The molecule has 2 amide bonds. The van der Waals surface area contributed by atoms with Crippen molar-refractivity contribution in [1.82, 2.24) is 14.8 Å². The Morgan fingerprint density at radius 3 is 2.25 bits per heavy atom. The number of hydrogen-bond donors (Lipinski definition) is 0. The van der Waals surface area contributed by atoms with Crippen LogP contribution in [0.15, 0.2) is 77.9 Å². The van der Waals surface area contributed by atoms with Gasteiger partial charge in [0.2, 0.25) is 0 Å². The van der Waals surface area contributed by atoms with Gasteiger partial charge in [-0.2, -0.15) is 18.3 Å². The summed E-state index contributed by atoms with van der Waals surface area (Å²) in [6.45, 7) is 2.68. The molecule has 0 aliphatic carbocycles. The molecular weight excluding hydrogens is 580 g/mol. The van der Waals surface area contributed by atoms with Crippen molar-refractivity contribution in [1.29, 1.82) is 0 Å². The largest absolute Gasteiger partial charge is 0.497 e. The van der Waals surface area contributed by atoms with Gasteiger partial charge >= 0.3 is 6.18 Å². The van der Waals surface area contributed by atoms with Crippen LogP contribution in [-0.4, -0.2) is 85.4 Å². The minimum absolute atomic E-state index is 0.0383. The Hall–Kier alpha value is -4.29. The van der Waals surface area contributed by atoms with Crippen LogP contribution in [0.2, 0.25) is 0 Å². The molecule has 1 atom stereocenters. The molecule has 0 spiro atoms. The van der Waals surface area contributed by atoms with Gasteiger partial charge in [-0.1, -0.05) is 24.3 Å². The van der Waals surface area contributed by atoms with Crippen molar-refractivity contribution in [3.05, 3.63) is 101 Å². The predicted molar refractivity (Wildman–Crippen MR) is 155 cm³/mol. The second-order valence-electron chi connectivity index (χ2n) is 10.5. The molecule has 3 aromatic rings. The van der Waals surface area contributed by atoms with E-state index in [0.29, 0.717) is 56.3 Å². The molecule has 44 heavy (non-hydrogen) atoms. The number of ether oxygens (including phenoxy) is 2. The van der Waals surface area contributed by atoms with E-state index in [1.807, 2.05) is 12.1 Å². The third-order valence-corrected chi connectivity index (χ3v) is 7.71. The monoisotopic (exact) mass is 612 g/mol. The highest BCUT2D eigenvalue weighted by molar-refractivity contribution is 6.03. The molecule has 5 rings (SSSR count). The molecule has 12 heteroatoms. The number of morpholine rings is 1. The first-order chi connectivity index (χ1) is 21.1. The molecule has 2 aliphatic heterocycles. The summed E-state index contributed by atoms with van der Waals surface area (Å²) < 4.78 is 63.7. The highest BCUT2D eigenvalue weighted by atomic mass is 19.4. The highest BCUT2D eigenvalue weighted by Gasteiger charge is 2.35. The zero-order valence-electron chi connectivity index (χ0n) is 24.1. The van der Waals surface area contributed by atoms with Crippen LogP contribution in [0, 0.1) is 5.82 Å². The molecule has 1 fully saturated rings. The fourth-order valence-electron chi connectivity index (χ4n) is 5.20. The molecule has 0 bridgehead atoms. The van der Waals surface area contributed by atoms with Crippen molar-refractivity contribution in [3.63, 3.8) is 0 Å². The van der Waals surface area contributed by atoms with Crippen LogP contribution in [-0.2, 0) is 15.7 Å². The average molecular weight is 613 g/mol. The molecule has 0 saturated carbocycles. The molecule has 232 valence electrons. The minimum atomic E-state index is -4.54. The summed E-state index contributed by atoms with van der Waals surface area (Å²) in [5.41, 5.74) is 1.19. The standard InChI is InChI=1S/C32H32F4N4O4/c1-43-27-12-6-23(7-13-27)29-20-28(22-4-10-26(33)11-5-22)37-40(29)30(41)21-39(15-14-38-16-18-44-19-17-38)31(42)24-2-8-25(9-3-24)32(34,35)36/h2-13,29H,14-21H2,1H3. The Morgan fingerprint density at radius 2 is 1.64 bits per heavy atom. The Kier molecular flexibility index (Phi) is 9.60. The van der Waals surface area contributed by atoms with E-state index in [1.54, 1.807) is 31.4 Å². The molecule has 0 aromatic heterocycles. The lowest BCUT2D eigenvalue weighted by molar-refractivity contribution is -0.137. The lowest BCUT2D eigenvalue weighted by Gasteiger charge is -2.31. The van der Waals surface area contributed by atoms with Crippen molar-refractivity contribution in [2.45, 2.75) is 18.6 Å². The van der Waals surface area contributed by atoms with Gasteiger partial charge in [0.1, 0.15) is 18.1 Å². The molecule has 0 N–H and O–H groups in total. The van der Waals surface area contributed by atoms with E-state index in [4.69, 9.17) is 9.47 Å². The zero-order valence-corrected chi connectivity index (χ0v) is 24.1. The third kappa shape index (κ3) is 7.43. The van der Waals surface area contributed by atoms with Crippen LogP contribution < -0.4 is 4.74 Å². The van der Waals surface area contributed by atoms with Gasteiger partial charge in [0.15, 0.2) is 0 Å². The van der Waals surface area contributed by atoms with E-state index in [0.717, 1.165) is 29.8 Å². The van der Waals surface area contributed by atoms with E-state index in [1.165, 1.54) is 22.0 Å². The fraction of sp³-hybridized carbons (Fsp3) is 0.344. The van der Waals surface area contributed by atoms with Crippen molar-refractivity contribution in [2.24, 2.45) is 5.10 Å². The topological polar surface area (TPSA) is 74.7 Å². The van der Waals surface area contributed by atoms with Crippen LogP contribution in [0.1, 0.15) is 39.5 Å². The molecule has 3 aromatic carbocycles. The Balaban J connectivity index is 1.41. The lowest BCUT2D eigenvalue weighted by atomic mass is 9.98. The third-order valence-electron chi connectivity index (χ3n) is 7.71. The smallest absolute Gasteiger partial charge is 0.416 e. The molecule has 1 unspecified atom stereocenters. The van der Waals surface area contributed by atoms with Gasteiger partial charge in [-0.25, -0.2) is 9.40 Å². The second-order valence-corrected chi connectivity index (χ2v) is 10.5. The van der Waals surface area contributed by atoms with E-state index >= 15 is 0 Å². The number of alkyl halides is 3. The van der Waals surface area contributed by atoms with Gasteiger partial charge in [-0.15, -0.1) is 0 Å². The Morgan fingerprint density at radius 1 is 0.977 bits per heavy atom. The summed E-state index contributed by atoms with van der Waals surface area (Å²) in [6.07, 6.45) is -4.19. The average Bonchev–Trinajstić information content (AvgIpc) is 3.49. The molecule has 2 aliphatic rings. The second kappa shape index (κ2) is 13.6. The predicted octanol–water partition coefficient (Wildman–Crippen LogP) is 5.01. The molecule has 8 nitrogen and oxygen atoms in total. The van der Waals surface area contributed by atoms with Gasteiger partial charge in [0.05, 0.1) is 37.6 Å².